The first-order valence-electron chi connectivity index (χ1n) is 5.67. The lowest BCUT2D eigenvalue weighted by atomic mass is 10.1. The van der Waals surface area contributed by atoms with Crippen molar-refractivity contribution in [2.24, 2.45) is 0 Å². The molecule has 0 aliphatic heterocycles. The van der Waals surface area contributed by atoms with Gasteiger partial charge in [-0.25, -0.2) is 0 Å². The number of nitrogens with one attached hydrogen (secondary N) is 1. The smallest absolute Gasteiger partial charge is 0.253 e. The number of phenols is 1. The van der Waals surface area contributed by atoms with Crippen LogP contribution in [0.3, 0.4) is 0 Å². The molecule has 4 N–H and O–H groups in total. The topological polar surface area (TPSA) is 75.3 Å². The highest BCUT2D eigenvalue weighted by Gasteiger charge is 2.10. The molecule has 0 saturated heterocycles. The van der Waals surface area contributed by atoms with E-state index in [0.29, 0.717) is 12.2 Å². The van der Waals surface area contributed by atoms with Crippen LogP contribution in [-0.4, -0.2) is 11.0 Å². The average Bonchev–Trinajstić information content (AvgIpc) is 2.39. The second-order valence-electron chi connectivity index (χ2n) is 4.08. The van der Waals surface area contributed by atoms with Gasteiger partial charge in [-0.05, 0) is 35.9 Å². The van der Waals surface area contributed by atoms with Gasteiger partial charge in [0.15, 0.2) is 0 Å². The molecule has 0 aliphatic rings. The molecule has 0 saturated carbocycles. The summed E-state index contributed by atoms with van der Waals surface area (Å²) in [6.45, 7) is 0.396. The molecule has 0 unspecified atom stereocenters. The average molecular weight is 321 g/mol. The number of nitrogens with two attached hydrogens (primary N) is 1. The Kier molecular flexibility index (Phi) is 4.06. The van der Waals surface area contributed by atoms with E-state index in [1.807, 2.05) is 24.3 Å². The first-order chi connectivity index (χ1) is 9.06. The van der Waals surface area contributed by atoms with Gasteiger partial charge >= 0.3 is 0 Å². The number of hydrogen-bond donors (Lipinski definition) is 3. The van der Waals surface area contributed by atoms with Gasteiger partial charge in [-0.2, -0.15) is 0 Å². The van der Waals surface area contributed by atoms with Crippen molar-refractivity contribution in [3.05, 3.63) is 58.1 Å². The molecule has 0 atom stereocenters. The molecule has 0 radical (unpaired) electrons. The highest BCUT2D eigenvalue weighted by molar-refractivity contribution is 9.10. The Hall–Kier alpha value is -2.01. The minimum atomic E-state index is -0.312. The fraction of sp³-hybridized carbons (Fsp3) is 0.0714. The van der Waals surface area contributed by atoms with Crippen molar-refractivity contribution >= 4 is 27.5 Å². The number of carbonyl (C=O) groups is 1. The molecule has 1 amide bonds. The number of aromatic hydroxyl groups is 1. The van der Waals surface area contributed by atoms with Gasteiger partial charge < -0.3 is 16.2 Å². The zero-order valence-electron chi connectivity index (χ0n) is 10.1. The van der Waals surface area contributed by atoms with E-state index in [-0.39, 0.29) is 17.2 Å². The van der Waals surface area contributed by atoms with Crippen molar-refractivity contribution in [2.45, 2.75) is 6.54 Å². The zero-order chi connectivity index (χ0) is 13.8. The summed E-state index contributed by atoms with van der Waals surface area (Å²) in [6, 6.07) is 11.9. The van der Waals surface area contributed by atoms with E-state index in [0.717, 1.165) is 10.0 Å². The number of rotatable bonds is 3. The Morgan fingerprint density at radius 2 is 2.05 bits per heavy atom. The van der Waals surface area contributed by atoms with E-state index in [1.165, 1.54) is 18.2 Å². The minimum Gasteiger partial charge on any atom is -0.508 e. The summed E-state index contributed by atoms with van der Waals surface area (Å²) in [5.41, 5.74) is 7.29. The SMILES string of the molecule is Nc1ccc(O)cc1C(=O)NCc1cccc(Br)c1. The van der Waals surface area contributed by atoms with Crippen molar-refractivity contribution in [1.82, 2.24) is 5.32 Å². The Balaban J connectivity index is 2.07. The van der Waals surface area contributed by atoms with Crippen molar-refractivity contribution in [2.75, 3.05) is 5.73 Å². The van der Waals surface area contributed by atoms with Crippen LogP contribution in [0.4, 0.5) is 5.69 Å². The van der Waals surface area contributed by atoms with Crippen molar-refractivity contribution < 1.29 is 9.90 Å². The number of amides is 1. The molecule has 19 heavy (non-hydrogen) atoms. The van der Waals surface area contributed by atoms with Gasteiger partial charge in [0.25, 0.3) is 5.91 Å². The molecule has 4 nitrogen and oxygen atoms in total. The van der Waals surface area contributed by atoms with Gasteiger partial charge in [-0.15, -0.1) is 0 Å². The highest BCUT2D eigenvalue weighted by Crippen LogP contribution is 2.18. The molecular weight excluding hydrogens is 308 g/mol. The Bertz CT molecular complexity index is 614. The van der Waals surface area contributed by atoms with Crippen LogP contribution in [0.15, 0.2) is 46.9 Å². The molecule has 98 valence electrons. The van der Waals surface area contributed by atoms with E-state index in [4.69, 9.17) is 5.73 Å². The van der Waals surface area contributed by atoms with Gasteiger partial charge in [0.2, 0.25) is 0 Å². The molecule has 5 heteroatoms. The summed E-state index contributed by atoms with van der Waals surface area (Å²) in [4.78, 5) is 12.0. The normalized spacial score (nSPS) is 10.2. The van der Waals surface area contributed by atoms with Crippen LogP contribution in [0.1, 0.15) is 15.9 Å². The molecular formula is C14H13BrN2O2. The number of carbonyl (C=O) groups excluding carboxylic acids is 1. The largest absolute Gasteiger partial charge is 0.508 e. The van der Waals surface area contributed by atoms with Crippen molar-refractivity contribution in [3.63, 3.8) is 0 Å². The molecule has 2 rings (SSSR count). The first kappa shape index (κ1) is 13.4. The maximum atomic E-state index is 12.0. The van der Waals surface area contributed by atoms with E-state index >= 15 is 0 Å². The van der Waals surface area contributed by atoms with Crippen LogP contribution >= 0.6 is 15.9 Å². The van der Waals surface area contributed by atoms with E-state index in [9.17, 15) is 9.90 Å². The van der Waals surface area contributed by atoms with Crippen LogP contribution in [0.2, 0.25) is 0 Å². The summed E-state index contributed by atoms with van der Waals surface area (Å²) < 4.78 is 0.955. The summed E-state index contributed by atoms with van der Waals surface area (Å²) in [7, 11) is 0. The van der Waals surface area contributed by atoms with Crippen LogP contribution in [0.5, 0.6) is 5.75 Å². The molecule has 0 bridgehead atoms. The molecule has 0 heterocycles. The standard InChI is InChI=1S/C14H13BrN2O2/c15-10-3-1-2-9(6-10)8-17-14(19)12-7-11(18)4-5-13(12)16/h1-7,18H,8,16H2,(H,17,19). The van der Waals surface area contributed by atoms with Gasteiger partial charge in [-0.1, -0.05) is 28.1 Å². The lowest BCUT2D eigenvalue weighted by molar-refractivity contribution is 0.0951. The third kappa shape index (κ3) is 3.48. The quantitative estimate of drug-likeness (QED) is 0.601. The lowest BCUT2D eigenvalue weighted by Crippen LogP contribution is -2.23. The summed E-state index contributed by atoms with van der Waals surface area (Å²) in [5, 5.41) is 12.1. The monoisotopic (exact) mass is 320 g/mol. The van der Waals surface area contributed by atoms with Crippen molar-refractivity contribution in [1.29, 1.82) is 0 Å². The van der Waals surface area contributed by atoms with Gasteiger partial charge in [0.1, 0.15) is 5.75 Å². The first-order valence-corrected chi connectivity index (χ1v) is 6.46. The van der Waals surface area contributed by atoms with Crippen molar-refractivity contribution in [3.8, 4) is 5.75 Å². The second-order valence-corrected chi connectivity index (χ2v) is 5.00. The number of benzene rings is 2. The minimum absolute atomic E-state index is 0.0156. The molecule has 0 spiro atoms. The number of nitrogen functional groups attached to an aromatic ring is 1. The maximum Gasteiger partial charge on any atom is 0.253 e. The van der Waals surface area contributed by atoms with E-state index in [1.54, 1.807) is 0 Å². The molecule has 2 aromatic rings. The van der Waals surface area contributed by atoms with Crippen LogP contribution in [-0.2, 0) is 6.54 Å². The van der Waals surface area contributed by atoms with Crippen LogP contribution in [0, 0.1) is 0 Å². The summed E-state index contributed by atoms with van der Waals surface area (Å²) in [5.74, 6) is -0.296. The van der Waals surface area contributed by atoms with Gasteiger partial charge in [0, 0.05) is 16.7 Å². The molecule has 0 aromatic heterocycles. The van der Waals surface area contributed by atoms with Gasteiger partial charge in [-0.3, -0.25) is 4.79 Å². The Morgan fingerprint density at radius 3 is 2.79 bits per heavy atom. The third-order valence-electron chi connectivity index (χ3n) is 2.62. The van der Waals surface area contributed by atoms with Crippen LogP contribution in [0.25, 0.3) is 0 Å². The molecule has 2 aromatic carbocycles. The second kappa shape index (κ2) is 5.75. The van der Waals surface area contributed by atoms with Gasteiger partial charge in [0.05, 0.1) is 5.56 Å². The fourth-order valence-electron chi connectivity index (χ4n) is 1.67. The third-order valence-corrected chi connectivity index (χ3v) is 3.12. The maximum absolute atomic E-state index is 12.0. The van der Waals surface area contributed by atoms with E-state index in [2.05, 4.69) is 21.2 Å². The number of hydrogen-bond acceptors (Lipinski definition) is 3. The highest BCUT2D eigenvalue weighted by atomic mass is 79.9. The molecule has 0 fully saturated rings. The predicted octanol–water partition coefficient (Wildman–Crippen LogP) is 2.67. The fourth-order valence-corrected chi connectivity index (χ4v) is 2.11. The zero-order valence-corrected chi connectivity index (χ0v) is 11.6. The number of phenolic OH excluding ortho intramolecular Hbond substituents is 1. The van der Waals surface area contributed by atoms with Crippen LogP contribution < -0.4 is 11.1 Å². The number of anilines is 1. The summed E-state index contributed by atoms with van der Waals surface area (Å²) >= 11 is 3.37. The molecule has 0 aliphatic carbocycles. The predicted molar refractivity (Wildman–Crippen MR) is 77.8 cm³/mol. The Morgan fingerprint density at radius 1 is 1.26 bits per heavy atom. The summed E-state index contributed by atoms with van der Waals surface area (Å²) in [6.07, 6.45) is 0. The lowest BCUT2D eigenvalue weighted by Gasteiger charge is -2.08. The number of halogens is 1. The van der Waals surface area contributed by atoms with E-state index < -0.39 is 0 Å². The Labute approximate surface area is 119 Å².